The lowest BCUT2D eigenvalue weighted by Crippen LogP contribution is -2.39. The third-order valence-electron chi connectivity index (χ3n) is 2.63. The third kappa shape index (κ3) is 1.65. The van der Waals surface area contributed by atoms with Gasteiger partial charge in [0.2, 0.25) is 0 Å². The van der Waals surface area contributed by atoms with E-state index >= 15 is 0 Å². The highest BCUT2D eigenvalue weighted by Gasteiger charge is 2.36. The zero-order chi connectivity index (χ0) is 10.2. The largest absolute Gasteiger partial charge is 0.402 e. The van der Waals surface area contributed by atoms with Crippen LogP contribution in [-0.4, -0.2) is 16.5 Å². The van der Waals surface area contributed by atoms with Crippen LogP contribution in [0.4, 0.5) is 0 Å². The highest BCUT2D eigenvalue weighted by Crippen LogP contribution is 2.32. The summed E-state index contributed by atoms with van der Waals surface area (Å²) in [5.74, 6) is -0.0887. The monoisotopic (exact) mass is 181 g/mol. The Morgan fingerprint density at radius 2 is 2.15 bits per heavy atom. The second-order valence-corrected chi connectivity index (χ2v) is 3.74. The number of aliphatic hydroxyl groups is 1. The maximum atomic E-state index is 11.4. The van der Waals surface area contributed by atoms with Gasteiger partial charge in [0.25, 0.3) is 0 Å². The van der Waals surface area contributed by atoms with Crippen LogP contribution in [0.15, 0.2) is 23.4 Å². The van der Waals surface area contributed by atoms with E-state index in [9.17, 15) is 9.90 Å². The van der Waals surface area contributed by atoms with Crippen LogP contribution < -0.4 is 5.73 Å². The number of carbonyl (C=O) groups is 1. The molecular formula is C10H15NO2. The first-order valence-electron chi connectivity index (χ1n) is 4.23. The number of nitrogens with two attached hydrogens (primary N) is 1. The van der Waals surface area contributed by atoms with Crippen LogP contribution in [0.5, 0.6) is 0 Å². The normalized spacial score (nSPS) is 29.3. The summed E-state index contributed by atoms with van der Waals surface area (Å²) in [7, 11) is 0. The minimum Gasteiger partial charge on any atom is -0.402 e. The maximum absolute atomic E-state index is 11.4. The van der Waals surface area contributed by atoms with Gasteiger partial charge in [0.1, 0.15) is 0 Å². The average molecular weight is 181 g/mol. The number of allylic oxidation sites excluding steroid dienone is 1. The summed E-state index contributed by atoms with van der Waals surface area (Å²) in [6.45, 7) is 7.06. The molecule has 0 spiro atoms. The lowest BCUT2D eigenvalue weighted by atomic mass is 9.79. The van der Waals surface area contributed by atoms with Crippen LogP contribution in [0.3, 0.4) is 0 Å². The molecule has 0 aromatic carbocycles. The molecule has 1 unspecified atom stereocenters. The minimum atomic E-state index is -1.12. The summed E-state index contributed by atoms with van der Waals surface area (Å²) in [4.78, 5) is 11.4. The standard InChI is InChI=1S/C10H15NO2/c1-6(2)10(13)4-8(11)7(3)9(12)5-10/h13H,1,4-5,11H2,2-3H3. The van der Waals surface area contributed by atoms with Gasteiger partial charge in [0.05, 0.1) is 5.60 Å². The molecule has 0 saturated heterocycles. The lowest BCUT2D eigenvalue weighted by Gasteiger charge is -2.32. The fourth-order valence-electron chi connectivity index (χ4n) is 1.39. The van der Waals surface area contributed by atoms with Crippen molar-refractivity contribution in [2.45, 2.75) is 32.3 Å². The summed E-state index contributed by atoms with van der Waals surface area (Å²) >= 11 is 0. The molecule has 72 valence electrons. The number of hydrogen-bond donors (Lipinski definition) is 2. The van der Waals surface area contributed by atoms with E-state index in [1.165, 1.54) is 0 Å². The van der Waals surface area contributed by atoms with E-state index < -0.39 is 5.60 Å². The highest BCUT2D eigenvalue weighted by molar-refractivity contribution is 5.97. The molecule has 0 radical (unpaired) electrons. The van der Waals surface area contributed by atoms with Crippen LogP contribution in [0.25, 0.3) is 0 Å². The minimum absolute atomic E-state index is 0.0887. The van der Waals surface area contributed by atoms with Gasteiger partial charge in [0, 0.05) is 24.1 Å². The summed E-state index contributed by atoms with van der Waals surface area (Å²) in [6, 6.07) is 0. The Bertz CT molecular complexity index is 304. The van der Waals surface area contributed by atoms with Crippen molar-refractivity contribution in [3.63, 3.8) is 0 Å². The first-order chi connectivity index (χ1) is 5.87. The summed E-state index contributed by atoms with van der Waals surface area (Å²) in [6.07, 6.45) is 0.425. The highest BCUT2D eigenvalue weighted by atomic mass is 16.3. The number of Topliss-reactive ketones (excluding diaryl/α,β-unsaturated/α-hetero) is 1. The first-order valence-corrected chi connectivity index (χ1v) is 4.23. The molecule has 0 aromatic rings. The number of rotatable bonds is 1. The van der Waals surface area contributed by atoms with Gasteiger partial charge in [-0.25, -0.2) is 0 Å². The van der Waals surface area contributed by atoms with E-state index in [-0.39, 0.29) is 12.2 Å². The Balaban J connectivity index is 3.04. The molecule has 13 heavy (non-hydrogen) atoms. The fourth-order valence-corrected chi connectivity index (χ4v) is 1.39. The molecule has 0 amide bonds. The Hall–Kier alpha value is -1.09. The molecule has 3 nitrogen and oxygen atoms in total. The zero-order valence-corrected chi connectivity index (χ0v) is 8.05. The second kappa shape index (κ2) is 3.00. The Morgan fingerprint density at radius 1 is 1.62 bits per heavy atom. The molecule has 0 aliphatic heterocycles. The van der Waals surface area contributed by atoms with Crippen LogP contribution >= 0.6 is 0 Å². The van der Waals surface area contributed by atoms with Gasteiger partial charge in [0.15, 0.2) is 5.78 Å². The molecule has 0 fully saturated rings. The SMILES string of the molecule is C=C(C)C1(O)CC(=O)C(C)=C(N)C1. The van der Waals surface area contributed by atoms with Crippen LogP contribution in [-0.2, 0) is 4.79 Å². The Kier molecular flexibility index (Phi) is 2.30. The topological polar surface area (TPSA) is 63.3 Å². The first kappa shape index (κ1) is 9.99. The number of carbonyl (C=O) groups excluding carboxylic acids is 1. The predicted octanol–water partition coefficient (Wildman–Crippen LogP) is 0.889. The van der Waals surface area contributed by atoms with Crippen LogP contribution in [0, 0.1) is 0 Å². The molecular weight excluding hydrogens is 166 g/mol. The molecule has 0 bridgehead atoms. The van der Waals surface area contributed by atoms with Gasteiger partial charge >= 0.3 is 0 Å². The maximum Gasteiger partial charge on any atom is 0.163 e. The second-order valence-electron chi connectivity index (χ2n) is 3.74. The summed E-state index contributed by atoms with van der Waals surface area (Å²) in [5.41, 5.74) is 6.16. The predicted molar refractivity (Wildman–Crippen MR) is 50.9 cm³/mol. The van der Waals surface area contributed by atoms with Crippen molar-refractivity contribution in [2.75, 3.05) is 0 Å². The van der Waals surface area contributed by atoms with E-state index in [1.807, 2.05) is 0 Å². The van der Waals surface area contributed by atoms with Gasteiger partial charge in [-0.1, -0.05) is 6.58 Å². The average Bonchev–Trinajstić information content (AvgIpc) is 2.00. The molecule has 3 N–H and O–H groups in total. The Morgan fingerprint density at radius 3 is 2.54 bits per heavy atom. The molecule has 0 saturated carbocycles. The van der Waals surface area contributed by atoms with E-state index in [2.05, 4.69) is 6.58 Å². The van der Waals surface area contributed by atoms with Crippen molar-refractivity contribution in [1.29, 1.82) is 0 Å². The van der Waals surface area contributed by atoms with E-state index in [0.29, 0.717) is 23.3 Å². The van der Waals surface area contributed by atoms with Crippen molar-refractivity contribution in [3.8, 4) is 0 Å². The van der Waals surface area contributed by atoms with Crippen molar-refractivity contribution in [3.05, 3.63) is 23.4 Å². The molecule has 0 heterocycles. The summed E-state index contributed by atoms with van der Waals surface area (Å²) < 4.78 is 0. The number of hydrogen-bond acceptors (Lipinski definition) is 3. The van der Waals surface area contributed by atoms with E-state index in [0.717, 1.165) is 0 Å². The fraction of sp³-hybridized carbons (Fsp3) is 0.500. The van der Waals surface area contributed by atoms with Gasteiger partial charge in [-0.15, -0.1) is 0 Å². The molecule has 3 heteroatoms. The molecule has 1 aliphatic rings. The van der Waals surface area contributed by atoms with Crippen molar-refractivity contribution in [2.24, 2.45) is 5.73 Å². The zero-order valence-electron chi connectivity index (χ0n) is 8.05. The van der Waals surface area contributed by atoms with E-state index in [4.69, 9.17) is 5.73 Å². The van der Waals surface area contributed by atoms with Crippen molar-refractivity contribution < 1.29 is 9.90 Å². The van der Waals surface area contributed by atoms with Crippen LogP contribution in [0.2, 0.25) is 0 Å². The smallest absolute Gasteiger partial charge is 0.163 e. The van der Waals surface area contributed by atoms with Gasteiger partial charge in [-0.05, 0) is 19.4 Å². The van der Waals surface area contributed by atoms with Crippen molar-refractivity contribution >= 4 is 5.78 Å². The Labute approximate surface area is 77.9 Å². The molecule has 1 rings (SSSR count). The van der Waals surface area contributed by atoms with Crippen LogP contribution in [0.1, 0.15) is 26.7 Å². The third-order valence-corrected chi connectivity index (χ3v) is 2.63. The van der Waals surface area contributed by atoms with Gasteiger partial charge < -0.3 is 10.8 Å². The summed E-state index contributed by atoms with van der Waals surface area (Å²) in [5, 5.41) is 9.97. The van der Waals surface area contributed by atoms with E-state index in [1.54, 1.807) is 13.8 Å². The quantitative estimate of drug-likeness (QED) is 0.590. The molecule has 1 aliphatic carbocycles. The van der Waals surface area contributed by atoms with Gasteiger partial charge in [-0.2, -0.15) is 0 Å². The van der Waals surface area contributed by atoms with Crippen molar-refractivity contribution in [1.82, 2.24) is 0 Å². The number of ketones is 1. The molecule has 1 atom stereocenters. The molecule has 0 aromatic heterocycles. The van der Waals surface area contributed by atoms with Gasteiger partial charge in [-0.3, -0.25) is 4.79 Å². The lowest BCUT2D eigenvalue weighted by molar-refractivity contribution is -0.120.